The highest BCUT2D eigenvalue weighted by Gasteiger charge is 2.30. The lowest BCUT2D eigenvalue weighted by molar-refractivity contribution is -0.161. The zero-order valence-electron chi connectivity index (χ0n) is 60.8. The summed E-state index contributed by atoms with van der Waals surface area (Å²) >= 11 is 0. The second-order valence-corrected chi connectivity index (χ2v) is 29.4. The average Bonchev–Trinajstić information content (AvgIpc) is 3.73. The van der Waals surface area contributed by atoms with Crippen molar-refractivity contribution in [1.82, 2.24) is 0 Å². The molecule has 0 saturated heterocycles. The minimum absolute atomic E-state index is 0.0783. The maximum Gasteiger partial charge on any atom is 0.472 e. The molecule has 0 aromatic carbocycles. The van der Waals surface area contributed by atoms with Crippen molar-refractivity contribution in [2.24, 2.45) is 5.92 Å². The van der Waals surface area contributed by atoms with Crippen molar-refractivity contribution >= 4 is 39.5 Å². The van der Waals surface area contributed by atoms with Gasteiger partial charge in [0.2, 0.25) is 0 Å². The highest BCUT2D eigenvalue weighted by molar-refractivity contribution is 7.47. The number of allylic oxidation sites excluding steroid dienone is 8. The van der Waals surface area contributed by atoms with Crippen LogP contribution in [0.4, 0.5) is 0 Å². The number of aliphatic hydroxyl groups is 1. The number of carbonyl (C=O) groups is 4. The molecule has 95 heavy (non-hydrogen) atoms. The summed E-state index contributed by atoms with van der Waals surface area (Å²) in [7, 11) is -9.93. The molecule has 0 aromatic rings. The first-order valence-corrected chi connectivity index (χ1v) is 41.3. The quantitative estimate of drug-likeness (QED) is 0.0169. The van der Waals surface area contributed by atoms with Crippen LogP contribution in [0.25, 0.3) is 0 Å². The fourth-order valence-electron chi connectivity index (χ4n) is 10.6. The smallest absolute Gasteiger partial charge is 0.462 e. The number of esters is 4. The van der Waals surface area contributed by atoms with Gasteiger partial charge in [0.1, 0.15) is 19.3 Å². The Kier molecular flexibility index (Phi) is 66.0. The van der Waals surface area contributed by atoms with E-state index >= 15 is 0 Å². The van der Waals surface area contributed by atoms with Crippen LogP contribution in [0.15, 0.2) is 48.6 Å². The number of rotatable bonds is 72. The number of phosphoric ester groups is 2. The van der Waals surface area contributed by atoms with Gasteiger partial charge in [-0.3, -0.25) is 37.3 Å². The molecule has 3 N–H and O–H groups in total. The van der Waals surface area contributed by atoms with Crippen molar-refractivity contribution in [3.63, 3.8) is 0 Å². The van der Waals surface area contributed by atoms with Crippen LogP contribution in [-0.4, -0.2) is 96.7 Å². The molecule has 0 saturated carbocycles. The Hall–Kier alpha value is -2.98. The Bertz CT molecular complexity index is 2010. The summed E-state index contributed by atoms with van der Waals surface area (Å²) in [5.41, 5.74) is 0. The molecule has 0 amide bonds. The van der Waals surface area contributed by atoms with E-state index in [1.54, 1.807) is 0 Å². The van der Waals surface area contributed by atoms with E-state index in [1.807, 2.05) is 0 Å². The lowest BCUT2D eigenvalue weighted by Gasteiger charge is -2.21. The number of phosphoric acid groups is 2. The van der Waals surface area contributed by atoms with Gasteiger partial charge in [-0.05, 0) is 83.0 Å². The maximum absolute atomic E-state index is 13.1. The normalized spacial score (nSPS) is 14.3. The van der Waals surface area contributed by atoms with Crippen LogP contribution in [0.2, 0.25) is 0 Å². The van der Waals surface area contributed by atoms with Gasteiger partial charge >= 0.3 is 39.5 Å². The standard InChI is InChI=1S/C76H140O17P2/c1-6-9-12-15-18-21-24-27-29-32-34-39-44-49-54-59-73(78)86-65-71(92-76(81)62-57-52-47-41-36-33-30-28-25-22-19-16-13-10-7-2)67-90-94(82,83)88-63-70(77)64-89-95(84,85)91-68-72(66-87-74(79)60-55-50-45-42-37-38-43-48-53-58-69(4)5)93-75(80)61-56-51-46-40-35-31-26-23-20-17-14-11-8-3/h21-22,24-25,27-30,69-72,77H,6-20,23,26,31-68H2,1-5H3,(H,82,83)(H,84,85)/b24-21-,25-22-,29-27-,30-28-/t70-,71-,72-/m1/s1. The fourth-order valence-corrected chi connectivity index (χ4v) is 12.2. The molecule has 17 nitrogen and oxygen atoms in total. The van der Waals surface area contributed by atoms with Gasteiger partial charge in [0.25, 0.3) is 0 Å². The molecule has 0 bridgehead atoms. The number of ether oxygens (including phenoxy) is 4. The molecule has 0 spiro atoms. The molecule has 0 fully saturated rings. The van der Waals surface area contributed by atoms with Gasteiger partial charge in [0.15, 0.2) is 12.2 Å². The molecule has 0 aliphatic rings. The number of hydrogen-bond donors (Lipinski definition) is 3. The van der Waals surface area contributed by atoms with E-state index in [4.69, 9.17) is 37.0 Å². The molecular formula is C76H140O17P2. The molecule has 19 heteroatoms. The first kappa shape index (κ1) is 92.0. The number of aliphatic hydroxyl groups excluding tert-OH is 1. The number of unbranched alkanes of at least 4 members (excludes halogenated alkanes) is 38. The lowest BCUT2D eigenvalue weighted by Crippen LogP contribution is -2.30. The Morgan fingerprint density at radius 2 is 0.568 bits per heavy atom. The third kappa shape index (κ3) is 69.3. The molecule has 556 valence electrons. The second-order valence-electron chi connectivity index (χ2n) is 26.5. The molecule has 0 aliphatic carbocycles. The van der Waals surface area contributed by atoms with Crippen molar-refractivity contribution in [1.29, 1.82) is 0 Å². The van der Waals surface area contributed by atoms with Crippen LogP contribution in [-0.2, 0) is 65.4 Å². The largest absolute Gasteiger partial charge is 0.472 e. The average molecular weight is 1390 g/mol. The fraction of sp³-hybridized carbons (Fsp3) is 0.842. The van der Waals surface area contributed by atoms with Crippen molar-refractivity contribution < 1.29 is 80.2 Å². The summed E-state index contributed by atoms with van der Waals surface area (Å²) in [5, 5.41) is 10.6. The van der Waals surface area contributed by atoms with Crippen LogP contribution in [0.1, 0.15) is 349 Å². The number of carbonyl (C=O) groups excluding carboxylic acids is 4. The van der Waals surface area contributed by atoms with Gasteiger partial charge in [-0.25, -0.2) is 9.13 Å². The second kappa shape index (κ2) is 68.2. The van der Waals surface area contributed by atoms with E-state index in [9.17, 15) is 43.2 Å². The SMILES string of the molecule is CCCCCC/C=C\C=C/CCCCCCCC(=O)OC[C@H](COP(=O)(O)OC[C@@H](O)COP(=O)(O)OC[C@@H](COC(=O)CCCCCCCCCCCC(C)C)OC(=O)CCCCCCCCCCCCCCC)OC(=O)CCCCCCC/C=C\C=C/CCCCCC. The minimum atomic E-state index is -4.97. The van der Waals surface area contributed by atoms with Gasteiger partial charge in [-0.1, -0.05) is 295 Å². The highest BCUT2D eigenvalue weighted by atomic mass is 31.2. The topological polar surface area (TPSA) is 237 Å². The van der Waals surface area contributed by atoms with Gasteiger partial charge in [0.05, 0.1) is 26.4 Å². The zero-order chi connectivity index (χ0) is 69.8. The molecular weight excluding hydrogens is 1250 g/mol. The van der Waals surface area contributed by atoms with Crippen molar-refractivity contribution in [2.45, 2.75) is 368 Å². The monoisotopic (exact) mass is 1390 g/mol. The van der Waals surface area contributed by atoms with Gasteiger partial charge in [0, 0.05) is 25.7 Å². The lowest BCUT2D eigenvalue weighted by atomic mass is 10.0. The molecule has 0 radical (unpaired) electrons. The third-order valence-electron chi connectivity index (χ3n) is 16.5. The van der Waals surface area contributed by atoms with E-state index in [2.05, 4.69) is 83.2 Å². The molecule has 0 aliphatic heterocycles. The van der Waals surface area contributed by atoms with Crippen LogP contribution >= 0.6 is 15.6 Å². The van der Waals surface area contributed by atoms with E-state index in [0.717, 1.165) is 128 Å². The molecule has 0 aromatic heterocycles. The van der Waals surface area contributed by atoms with Crippen LogP contribution < -0.4 is 0 Å². The molecule has 0 rings (SSSR count). The summed E-state index contributed by atoms with van der Waals surface area (Å²) in [6.45, 7) is 7.14. The Morgan fingerprint density at radius 1 is 0.326 bits per heavy atom. The van der Waals surface area contributed by atoms with Crippen molar-refractivity contribution in [2.75, 3.05) is 39.6 Å². The maximum atomic E-state index is 13.1. The first-order valence-electron chi connectivity index (χ1n) is 38.3. The predicted octanol–water partition coefficient (Wildman–Crippen LogP) is 21.6. The molecule has 5 atom stereocenters. The minimum Gasteiger partial charge on any atom is -0.462 e. The van der Waals surface area contributed by atoms with Crippen molar-refractivity contribution in [3.8, 4) is 0 Å². The third-order valence-corrected chi connectivity index (χ3v) is 18.4. The van der Waals surface area contributed by atoms with Crippen LogP contribution in [0, 0.1) is 5.92 Å². The number of hydrogen-bond acceptors (Lipinski definition) is 15. The predicted molar refractivity (Wildman–Crippen MR) is 386 cm³/mol. The van der Waals surface area contributed by atoms with E-state index in [-0.39, 0.29) is 25.7 Å². The van der Waals surface area contributed by atoms with Gasteiger partial charge in [-0.2, -0.15) is 0 Å². The van der Waals surface area contributed by atoms with E-state index < -0.39 is 97.5 Å². The van der Waals surface area contributed by atoms with Crippen LogP contribution in [0.5, 0.6) is 0 Å². The summed E-state index contributed by atoms with van der Waals surface area (Å²) in [6, 6.07) is 0. The van der Waals surface area contributed by atoms with Crippen LogP contribution in [0.3, 0.4) is 0 Å². The van der Waals surface area contributed by atoms with Gasteiger partial charge in [-0.15, -0.1) is 0 Å². The Balaban J connectivity index is 5.33. The highest BCUT2D eigenvalue weighted by Crippen LogP contribution is 2.45. The zero-order valence-corrected chi connectivity index (χ0v) is 62.6. The summed E-state index contributed by atoms with van der Waals surface area (Å²) in [4.78, 5) is 72.8. The van der Waals surface area contributed by atoms with E-state index in [1.165, 1.54) is 141 Å². The molecule has 2 unspecified atom stereocenters. The van der Waals surface area contributed by atoms with Crippen molar-refractivity contribution in [3.05, 3.63) is 48.6 Å². The van der Waals surface area contributed by atoms with Gasteiger partial charge < -0.3 is 33.8 Å². The summed E-state index contributed by atoms with van der Waals surface area (Å²) in [6.07, 6.45) is 62.5. The van der Waals surface area contributed by atoms with E-state index in [0.29, 0.717) is 25.7 Å². The first-order chi connectivity index (χ1) is 46.0. The molecule has 0 heterocycles. The Morgan fingerprint density at radius 3 is 0.863 bits per heavy atom. The summed E-state index contributed by atoms with van der Waals surface area (Å²) in [5.74, 6) is -1.43. The Labute approximate surface area is 578 Å². The summed E-state index contributed by atoms with van der Waals surface area (Å²) < 4.78 is 68.4.